The molecule has 2 aromatic carbocycles. The van der Waals surface area contributed by atoms with Crippen molar-refractivity contribution in [3.63, 3.8) is 0 Å². The number of carbonyl (C=O) groups is 4. The fourth-order valence-electron chi connectivity index (χ4n) is 7.87. The average molecular weight is 769 g/mol. The molecule has 4 amide bonds. The Balaban J connectivity index is 1.06. The van der Waals surface area contributed by atoms with Gasteiger partial charge in [-0.25, -0.2) is 14.6 Å². The number of carbonyl (C=O) groups excluding carboxylic acids is 4. The zero-order valence-corrected chi connectivity index (χ0v) is 33.3. The zero-order valence-electron chi connectivity index (χ0n) is 33.3. The lowest BCUT2D eigenvalue weighted by Gasteiger charge is -2.31. The van der Waals surface area contributed by atoms with Crippen molar-refractivity contribution >= 4 is 29.8 Å². The molecule has 2 fully saturated rings. The third-order valence-electron chi connectivity index (χ3n) is 10.9. The maximum Gasteiger partial charge on any atom is 0.407 e. The Morgan fingerprint density at radius 1 is 0.750 bits per heavy atom. The Kier molecular flexibility index (Phi) is 13.0. The Morgan fingerprint density at radius 2 is 1.25 bits per heavy atom. The highest BCUT2D eigenvalue weighted by Crippen LogP contribution is 2.34. The summed E-state index contributed by atoms with van der Waals surface area (Å²) in [6, 6.07) is 15.1. The number of likely N-dealkylation sites (tertiary alicyclic amines) is 2. The van der Waals surface area contributed by atoms with Crippen LogP contribution in [0.25, 0.3) is 22.4 Å². The van der Waals surface area contributed by atoms with Crippen LogP contribution in [0.2, 0.25) is 0 Å². The lowest BCUT2D eigenvalue weighted by Crippen LogP contribution is -2.55. The Hall–Kier alpha value is -5.40. The summed E-state index contributed by atoms with van der Waals surface area (Å²) in [7, 11) is 0. The number of rotatable bonds is 13. The smallest absolute Gasteiger partial charge is 0.407 e. The van der Waals surface area contributed by atoms with Gasteiger partial charge in [0.1, 0.15) is 23.7 Å². The van der Waals surface area contributed by atoms with E-state index < -0.39 is 24.3 Å². The molecule has 0 bridgehead atoms. The number of alkyl carbamates (subject to hydrolysis) is 2. The molecule has 14 heteroatoms. The summed E-state index contributed by atoms with van der Waals surface area (Å²) in [4.78, 5) is 68.2. The second kappa shape index (κ2) is 18.0. The van der Waals surface area contributed by atoms with Crippen LogP contribution in [0.3, 0.4) is 0 Å². The van der Waals surface area contributed by atoms with E-state index in [-0.39, 0.29) is 55.0 Å². The van der Waals surface area contributed by atoms with Crippen molar-refractivity contribution in [3.05, 3.63) is 66.1 Å². The van der Waals surface area contributed by atoms with Gasteiger partial charge in [-0.2, -0.15) is 0 Å². The molecular weight excluding hydrogens is 713 g/mol. The van der Waals surface area contributed by atoms with Gasteiger partial charge in [-0.1, -0.05) is 76.2 Å². The number of aromatic nitrogens is 2. The second-order valence-electron chi connectivity index (χ2n) is 15.4. The maximum atomic E-state index is 13.6. The van der Waals surface area contributed by atoms with Crippen LogP contribution in [-0.2, 0) is 19.1 Å². The number of ether oxygens (including phenoxy) is 2. The molecule has 1 aromatic heterocycles. The van der Waals surface area contributed by atoms with Crippen molar-refractivity contribution in [2.24, 2.45) is 16.8 Å². The third kappa shape index (κ3) is 9.00. The van der Waals surface area contributed by atoms with Gasteiger partial charge in [-0.15, -0.1) is 0 Å². The van der Waals surface area contributed by atoms with Gasteiger partial charge < -0.3 is 40.2 Å². The monoisotopic (exact) mass is 768 g/mol. The minimum atomic E-state index is -0.683. The number of aliphatic imine (C=N–C) groups is 1. The number of H-pyrrole nitrogens is 1. The van der Waals surface area contributed by atoms with Gasteiger partial charge in [-0.3, -0.25) is 14.6 Å². The quantitative estimate of drug-likeness (QED) is 0.165. The summed E-state index contributed by atoms with van der Waals surface area (Å²) in [5.41, 5.74) is 5.13. The van der Waals surface area contributed by atoms with Gasteiger partial charge in [0, 0.05) is 13.1 Å². The van der Waals surface area contributed by atoms with Crippen molar-refractivity contribution in [2.45, 2.75) is 97.4 Å². The molecule has 56 heavy (non-hydrogen) atoms. The second-order valence-corrected chi connectivity index (χ2v) is 15.4. The highest BCUT2D eigenvalue weighted by atomic mass is 16.6. The molecule has 0 saturated carbocycles. The number of hydrogen-bond donors (Lipinski definition) is 4. The molecule has 3 aromatic rings. The maximum absolute atomic E-state index is 13.6. The predicted molar refractivity (Wildman–Crippen MR) is 214 cm³/mol. The molecule has 4 N–H and O–H groups in total. The van der Waals surface area contributed by atoms with Crippen molar-refractivity contribution in [1.29, 1.82) is 0 Å². The Morgan fingerprint density at radius 3 is 1.79 bits per heavy atom. The lowest BCUT2D eigenvalue weighted by atomic mass is 9.99. The summed E-state index contributed by atoms with van der Waals surface area (Å²) in [6.07, 6.45) is 3.97. The molecule has 14 nitrogen and oxygen atoms in total. The number of amides is 4. The summed E-state index contributed by atoms with van der Waals surface area (Å²) < 4.78 is 10.1. The van der Waals surface area contributed by atoms with E-state index in [1.165, 1.54) is 0 Å². The number of aromatic amines is 1. The molecule has 2 saturated heterocycles. The summed E-state index contributed by atoms with van der Waals surface area (Å²) in [5.74, 6) is 1.12. The first kappa shape index (κ1) is 40.3. The Bertz CT molecular complexity index is 1870. The van der Waals surface area contributed by atoms with Gasteiger partial charge in [0.05, 0.1) is 49.8 Å². The molecule has 3 aliphatic rings. The van der Waals surface area contributed by atoms with Crippen molar-refractivity contribution < 1.29 is 28.7 Å². The van der Waals surface area contributed by atoms with Crippen molar-refractivity contribution in [1.82, 2.24) is 35.7 Å². The molecule has 0 spiro atoms. The SMILES string of the molecule is CCOC(=O)N[C@H](C(=O)N1CCCC1c1ncc(-c2ccc(-c3ccc(C4CN=C([C@@H]5CCCN5C(=O)[C@@H](NC(=O)OCC)C(C)C)N4)cc3)cc2)[nH]1)C(C)C. The minimum Gasteiger partial charge on any atom is -0.450 e. The number of benzene rings is 2. The van der Waals surface area contributed by atoms with Crippen LogP contribution in [0.5, 0.6) is 0 Å². The summed E-state index contributed by atoms with van der Waals surface area (Å²) in [5, 5.41) is 9.10. The normalized spacial score (nSPS) is 20.4. The van der Waals surface area contributed by atoms with E-state index in [1.807, 2.05) is 43.7 Å². The van der Waals surface area contributed by atoms with E-state index in [4.69, 9.17) is 14.5 Å². The van der Waals surface area contributed by atoms with Crippen LogP contribution in [0.15, 0.2) is 59.7 Å². The highest BCUT2D eigenvalue weighted by molar-refractivity contribution is 5.95. The van der Waals surface area contributed by atoms with Crippen LogP contribution in [-0.4, -0.2) is 101 Å². The fourth-order valence-corrected chi connectivity index (χ4v) is 7.87. The molecule has 3 aliphatic heterocycles. The molecule has 0 radical (unpaired) electrons. The van der Waals surface area contributed by atoms with E-state index in [2.05, 4.69) is 74.4 Å². The number of nitrogens with one attached hydrogen (secondary N) is 4. The van der Waals surface area contributed by atoms with E-state index in [1.54, 1.807) is 13.8 Å². The van der Waals surface area contributed by atoms with Crippen LogP contribution in [0.4, 0.5) is 9.59 Å². The first-order valence-corrected chi connectivity index (χ1v) is 20.0. The molecule has 300 valence electrons. The third-order valence-corrected chi connectivity index (χ3v) is 10.9. The molecule has 6 rings (SSSR count). The zero-order chi connectivity index (χ0) is 39.9. The number of amidine groups is 1. The molecule has 4 heterocycles. The first-order chi connectivity index (χ1) is 27.0. The van der Waals surface area contributed by atoms with Crippen LogP contribution in [0, 0.1) is 11.8 Å². The van der Waals surface area contributed by atoms with E-state index in [9.17, 15) is 19.2 Å². The topological polar surface area (TPSA) is 170 Å². The molecule has 0 aliphatic carbocycles. The average Bonchev–Trinajstić information content (AvgIpc) is 4.02. The standard InChI is InChI=1S/C42H56N8O6/c1-7-55-41(53)47-35(25(3)4)39(51)49-21-9-11-33(49)37-43-23-31(45-37)29-17-13-27(14-18-29)28-15-19-30(20-16-28)32-24-44-38(46-32)34-12-10-22-50(34)40(52)36(26(5)6)48-42(54)56-8-2/h13-20,23,25-26,32-36H,7-12,21-22,24H2,1-6H3,(H,43,45)(H,44,46)(H,47,53)(H,48,54)/t32?,33?,34-,35-,36-/m0/s1. The summed E-state index contributed by atoms with van der Waals surface area (Å²) >= 11 is 0. The lowest BCUT2D eigenvalue weighted by molar-refractivity contribution is -0.135. The number of nitrogens with zero attached hydrogens (tertiary/aromatic N) is 4. The van der Waals surface area contributed by atoms with Crippen molar-refractivity contribution in [2.75, 3.05) is 32.8 Å². The first-order valence-electron chi connectivity index (χ1n) is 20.0. The minimum absolute atomic E-state index is 0.00304. The van der Waals surface area contributed by atoms with Gasteiger partial charge in [0.2, 0.25) is 11.8 Å². The number of hydrogen-bond acceptors (Lipinski definition) is 9. The van der Waals surface area contributed by atoms with E-state index in [0.29, 0.717) is 19.6 Å². The van der Waals surface area contributed by atoms with Gasteiger partial charge >= 0.3 is 12.2 Å². The molecule has 2 unspecified atom stereocenters. The van der Waals surface area contributed by atoms with E-state index in [0.717, 1.165) is 65.3 Å². The van der Waals surface area contributed by atoms with E-state index >= 15 is 0 Å². The highest BCUT2D eigenvalue weighted by Gasteiger charge is 2.40. The van der Waals surface area contributed by atoms with Crippen molar-refractivity contribution in [3.8, 4) is 22.4 Å². The van der Waals surface area contributed by atoms with Crippen LogP contribution in [0.1, 0.15) is 90.7 Å². The Labute approximate surface area is 329 Å². The van der Waals surface area contributed by atoms with Crippen LogP contribution >= 0.6 is 0 Å². The van der Waals surface area contributed by atoms with Gasteiger partial charge in [-0.05, 0) is 73.6 Å². The number of imidazole rings is 1. The largest absolute Gasteiger partial charge is 0.450 e. The molecule has 5 atom stereocenters. The van der Waals surface area contributed by atoms with Gasteiger partial charge in [0.15, 0.2) is 0 Å². The summed E-state index contributed by atoms with van der Waals surface area (Å²) in [6.45, 7) is 13.4. The van der Waals surface area contributed by atoms with Crippen LogP contribution < -0.4 is 16.0 Å². The fraction of sp³-hybridized carbons (Fsp3) is 0.524. The predicted octanol–water partition coefficient (Wildman–Crippen LogP) is 5.98. The van der Waals surface area contributed by atoms with Gasteiger partial charge in [0.25, 0.3) is 0 Å². The molecular formula is C42H56N8O6.